The maximum absolute atomic E-state index is 13.9. The van der Waals surface area contributed by atoms with Gasteiger partial charge in [0.15, 0.2) is 0 Å². The summed E-state index contributed by atoms with van der Waals surface area (Å²) in [5, 5.41) is 0. The Bertz CT molecular complexity index is 378. The fourth-order valence-electron chi connectivity index (χ4n) is 2.64. The highest BCUT2D eigenvalue weighted by molar-refractivity contribution is 9.10. The second-order valence-electron chi connectivity index (χ2n) is 5.62. The summed E-state index contributed by atoms with van der Waals surface area (Å²) >= 11 is 3.41. The molecule has 0 radical (unpaired) electrons. The van der Waals surface area contributed by atoms with E-state index in [0.717, 1.165) is 17.3 Å². The van der Waals surface area contributed by atoms with E-state index < -0.39 is 0 Å². The molecule has 3 N–H and O–H groups in total. The van der Waals surface area contributed by atoms with E-state index in [1.165, 1.54) is 51.0 Å². The van der Waals surface area contributed by atoms with Crippen LogP contribution in [0.5, 0.6) is 0 Å². The molecule has 2 nitrogen and oxygen atoms in total. The predicted molar refractivity (Wildman–Crippen MR) is 91.4 cm³/mol. The van der Waals surface area contributed by atoms with Crippen LogP contribution in [0.4, 0.5) is 4.39 Å². The van der Waals surface area contributed by atoms with Gasteiger partial charge in [0.05, 0.1) is 0 Å². The molecule has 0 aliphatic carbocycles. The van der Waals surface area contributed by atoms with Crippen LogP contribution in [0.1, 0.15) is 76.3 Å². The fourth-order valence-corrected chi connectivity index (χ4v) is 3.26. The molecule has 0 aliphatic heterocycles. The van der Waals surface area contributed by atoms with Crippen molar-refractivity contribution in [3.05, 3.63) is 34.1 Å². The van der Waals surface area contributed by atoms with Crippen molar-refractivity contribution in [2.75, 3.05) is 0 Å². The molecular formula is C17H28BrFN2. The van der Waals surface area contributed by atoms with Gasteiger partial charge in [0, 0.05) is 16.1 Å². The highest BCUT2D eigenvalue weighted by atomic mass is 79.9. The topological polar surface area (TPSA) is 38.0 Å². The van der Waals surface area contributed by atoms with Crippen molar-refractivity contribution in [3.63, 3.8) is 0 Å². The van der Waals surface area contributed by atoms with E-state index in [2.05, 4.69) is 28.3 Å². The van der Waals surface area contributed by atoms with Gasteiger partial charge in [0.1, 0.15) is 5.82 Å². The van der Waals surface area contributed by atoms with Gasteiger partial charge in [-0.1, -0.05) is 80.3 Å². The van der Waals surface area contributed by atoms with E-state index in [-0.39, 0.29) is 11.9 Å². The zero-order valence-electron chi connectivity index (χ0n) is 13.0. The zero-order chi connectivity index (χ0) is 15.5. The molecule has 1 unspecified atom stereocenters. The van der Waals surface area contributed by atoms with Gasteiger partial charge in [-0.05, 0) is 18.6 Å². The molecule has 1 aromatic carbocycles. The molecular weight excluding hydrogens is 331 g/mol. The summed E-state index contributed by atoms with van der Waals surface area (Å²) in [5.74, 6) is 5.40. The molecule has 0 fully saturated rings. The van der Waals surface area contributed by atoms with E-state index in [9.17, 15) is 4.39 Å². The Morgan fingerprint density at radius 2 is 1.71 bits per heavy atom. The Labute approximate surface area is 136 Å². The van der Waals surface area contributed by atoms with Crippen LogP contribution in [0.3, 0.4) is 0 Å². The summed E-state index contributed by atoms with van der Waals surface area (Å²) < 4.78 is 14.7. The number of halogens is 2. The summed E-state index contributed by atoms with van der Waals surface area (Å²) in [4.78, 5) is 0. The maximum atomic E-state index is 13.9. The monoisotopic (exact) mass is 358 g/mol. The van der Waals surface area contributed by atoms with Crippen LogP contribution in [-0.2, 0) is 0 Å². The predicted octanol–water partition coefficient (Wildman–Crippen LogP) is 5.62. The molecule has 0 amide bonds. The lowest BCUT2D eigenvalue weighted by molar-refractivity contribution is 0.454. The quantitative estimate of drug-likeness (QED) is 0.306. The first kappa shape index (κ1) is 18.6. The number of hydrazine groups is 1. The van der Waals surface area contributed by atoms with Gasteiger partial charge < -0.3 is 0 Å². The molecule has 1 rings (SSSR count). The Kier molecular flexibility index (Phi) is 9.89. The Balaban J connectivity index is 2.29. The van der Waals surface area contributed by atoms with Crippen molar-refractivity contribution < 1.29 is 4.39 Å². The van der Waals surface area contributed by atoms with Crippen molar-refractivity contribution in [2.45, 2.75) is 70.8 Å². The second-order valence-corrected chi connectivity index (χ2v) is 6.47. The molecule has 0 saturated carbocycles. The van der Waals surface area contributed by atoms with Gasteiger partial charge in [-0.15, -0.1) is 0 Å². The normalized spacial score (nSPS) is 12.6. The molecule has 0 aromatic heterocycles. The first-order chi connectivity index (χ1) is 10.2. The van der Waals surface area contributed by atoms with Crippen LogP contribution in [0.15, 0.2) is 22.7 Å². The van der Waals surface area contributed by atoms with E-state index >= 15 is 0 Å². The van der Waals surface area contributed by atoms with E-state index in [4.69, 9.17) is 5.84 Å². The number of benzene rings is 1. The van der Waals surface area contributed by atoms with Gasteiger partial charge in [-0.2, -0.15) is 0 Å². The minimum Gasteiger partial charge on any atom is -0.271 e. The van der Waals surface area contributed by atoms with Gasteiger partial charge in [0.2, 0.25) is 0 Å². The van der Waals surface area contributed by atoms with Crippen LogP contribution >= 0.6 is 15.9 Å². The number of hydrogen-bond donors (Lipinski definition) is 2. The second kappa shape index (κ2) is 11.2. The van der Waals surface area contributed by atoms with E-state index in [1.54, 1.807) is 6.07 Å². The van der Waals surface area contributed by atoms with E-state index in [0.29, 0.717) is 5.56 Å². The van der Waals surface area contributed by atoms with Crippen LogP contribution in [0.25, 0.3) is 0 Å². The first-order valence-electron chi connectivity index (χ1n) is 8.10. The molecule has 4 heteroatoms. The highest BCUT2D eigenvalue weighted by Crippen LogP contribution is 2.29. The summed E-state index contributed by atoms with van der Waals surface area (Å²) in [6, 6.07) is 4.92. The number of unbranched alkanes of at least 4 members (excludes halogenated alkanes) is 7. The number of nitrogens with one attached hydrogen (secondary N) is 1. The van der Waals surface area contributed by atoms with Crippen molar-refractivity contribution in [1.29, 1.82) is 0 Å². The van der Waals surface area contributed by atoms with E-state index in [1.807, 2.05) is 6.07 Å². The Morgan fingerprint density at radius 3 is 2.29 bits per heavy atom. The van der Waals surface area contributed by atoms with Crippen LogP contribution < -0.4 is 11.3 Å². The average Bonchev–Trinajstić information content (AvgIpc) is 2.47. The van der Waals surface area contributed by atoms with Crippen LogP contribution in [0.2, 0.25) is 0 Å². The summed E-state index contributed by atoms with van der Waals surface area (Å²) in [5.41, 5.74) is 3.39. The standard InChI is InChI=1S/C17H28BrFN2/c1-2-3-4-5-6-7-8-9-13-16(21-20)17-14(18)11-10-12-15(17)19/h10-12,16,21H,2-9,13,20H2,1H3. The summed E-state index contributed by atoms with van der Waals surface area (Å²) in [6.07, 6.45) is 11.0. The molecule has 1 atom stereocenters. The van der Waals surface area contributed by atoms with Crippen molar-refractivity contribution in [1.82, 2.24) is 5.43 Å². The Hall–Kier alpha value is -0.450. The van der Waals surface area contributed by atoms with Gasteiger partial charge >= 0.3 is 0 Å². The third-order valence-corrected chi connectivity index (χ3v) is 4.59. The summed E-state index contributed by atoms with van der Waals surface area (Å²) in [6.45, 7) is 2.24. The van der Waals surface area contributed by atoms with Gasteiger partial charge in [0.25, 0.3) is 0 Å². The molecule has 0 heterocycles. The third kappa shape index (κ3) is 6.90. The Morgan fingerprint density at radius 1 is 1.10 bits per heavy atom. The van der Waals surface area contributed by atoms with Crippen molar-refractivity contribution >= 4 is 15.9 Å². The lowest BCUT2D eigenvalue weighted by Crippen LogP contribution is -2.29. The first-order valence-corrected chi connectivity index (χ1v) is 8.90. The van der Waals surface area contributed by atoms with Crippen LogP contribution in [0, 0.1) is 5.82 Å². The molecule has 0 bridgehead atoms. The largest absolute Gasteiger partial charge is 0.271 e. The SMILES string of the molecule is CCCCCCCCCCC(NN)c1c(F)cccc1Br. The lowest BCUT2D eigenvalue weighted by atomic mass is 9.99. The number of rotatable bonds is 11. The zero-order valence-corrected chi connectivity index (χ0v) is 14.6. The maximum Gasteiger partial charge on any atom is 0.129 e. The number of nitrogens with two attached hydrogens (primary N) is 1. The molecule has 1 aromatic rings. The fraction of sp³-hybridized carbons (Fsp3) is 0.647. The third-order valence-electron chi connectivity index (χ3n) is 3.90. The minimum absolute atomic E-state index is 0.124. The molecule has 120 valence electrons. The molecule has 0 spiro atoms. The van der Waals surface area contributed by atoms with Crippen molar-refractivity contribution in [3.8, 4) is 0 Å². The molecule has 0 aliphatic rings. The lowest BCUT2D eigenvalue weighted by Gasteiger charge is -2.18. The smallest absolute Gasteiger partial charge is 0.129 e. The van der Waals surface area contributed by atoms with Crippen molar-refractivity contribution in [2.24, 2.45) is 5.84 Å². The summed E-state index contributed by atoms with van der Waals surface area (Å²) in [7, 11) is 0. The molecule has 21 heavy (non-hydrogen) atoms. The van der Waals surface area contributed by atoms with Gasteiger partial charge in [-0.25, -0.2) is 4.39 Å². The average molecular weight is 359 g/mol. The van der Waals surface area contributed by atoms with Gasteiger partial charge in [-0.3, -0.25) is 11.3 Å². The minimum atomic E-state index is -0.202. The molecule has 0 saturated heterocycles. The number of hydrogen-bond acceptors (Lipinski definition) is 2. The highest BCUT2D eigenvalue weighted by Gasteiger charge is 2.16. The van der Waals surface area contributed by atoms with Crippen LogP contribution in [-0.4, -0.2) is 0 Å².